The highest BCUT2D eigenvalue weighted by molar-refractivity contribution is 5.70. The molecular weight excluding hydrogens is 332 g/mol. The molecule has 7 nitrogen and oxygen atoms in total. The zero-order valence-electron chi connectivity index (χ0n) is 14.1. The fraction of sp³-hybridized carbons (Fsp3) is 0.263. The maximum Gasteiger partial charge on any atom is 0.306 e. The fourth-order valence-electron chi connectivity index (χ4n) is 3.10. The number of carboxylic acids is 1. The van der Waals surface area contributed by atoms with Crippen LogP contribution in [0.25, 0.3) is 22.8 Å². The Morgan fingerprint density at radius 1 is 1.08 bits per heavy atom. The minimum atomic E-state index is -0.710. The molecule has 0 unspecified atom stereocenters. The van der Waals surface area contributed by atoms with Crippen LogP contribution in [0.4, 0.5) is 5.82 Å². The van der Waals surface area contributed by atoms with E-state index in [9.17, 15) is 4.79 Å². The summed E-state index contributed by atoms with van der Waals surface area (Å²) in [4.78, 5) is 22.1. The van der Waals surface area contributed by atoms with Gasteiger partial charge in [0.1, 0.15) is 5.82 Å². The molecule has 1 aliphatic rings. The van der Waals surface area contributed by atoms with Gasteiger partial charge in [-0.3, -0.25) is 4.79 Å². The number of nitrogens with zero attached hydrogens (tertiary/aromatic N) is 4. The van der Waals surface area contributed by atoms with Crippen molar-refractivity contribution in [2.45, 2.75) is 12.8 Å². The third-order valence-electron chi connectivity index (χ3n) is 4.62. The Balaban J connectivity index is 1.47. The van der Waals surface area contributed by atoms with Gasteiger partial charge in [-0.25, -0.2) is 4.98 Å². The average Bonchev–Trinajstić information content (AvgIpc) is 3.19. The number of aromatic nitrogens is 3. The summed E-state index contributed by atoms with van der Waals surface area (Å²) in [5.41, 5.74) is 1.65. The first kappa shape index (κ1) is 16.3. The monoisotopic (exact) mass is 350 g/mol. The van der Waals surface area contributed by atoms with Crippen LogP contribution in [-0.2, 0) is 4.79 Å². The molecule has 1 aromatic carbocycles. The molecule has 1 saturated heterocycles. The third kappa shape index (κ3) is 3.28. The van der Waals surface area contributed by atoms with Gasteiger partial charge in [-0.1, -0.05) is 35.5 Å². The number of pyridine rings is 1. The maximum atomic E-state index is 11.0. The third-order valence-corrected chi connectivity index (χ3v) is 4.62. The molecule has 4 rings (SSSR count). The number of rotatable bonds is 4. The number of aliphatic carboxylic acids is 1. The summed E-state index contributed by atoms with van der Waals surface area (Å²) >= 11 is 0. The number of anilines is 1. The van der Waals surface area contributed by atoms with Crippen molar-refractivity contribution in [3.05, 3.63) is 48.7 Å². The first-order valence-corrected chi connectivity index (χ1v) is 8.54. The van der Waals surface area contributed by atoms with E-state index in [0.717, 1.165) is 16.9 Å². The summed E-state index contributed by atoms with van der Waals surface area (Å²) in [6, 6.07) is 13.4. The van der Waals surface area contributed by atoms with E-state index in [1.165, 1.54) is 0 Å². The second-order valence-electron chi connectivity index (χ2n) is 6.29. The van der Waals surface area contributed by atoms with Crippen LogP contribution in [0, 0.1) is 5.92 Å². The van der Waals surface area contributed by atoms with Crippen molar-refractivity contribution in [2.24, 2.45) is 5.92 Å². The number of carbonyl (C=O) groups is 1. The maximum absolute atomic E-state index is 11.0. The van der Waals surface area contributed by atoms with E-state index < -0.39 is 5.97 Å². The summed E-state index contributed by atoms with van der Waals surface area (Å²) in [6.07, 6.45) is 2.99. The van der Waals surface area contributed by atoms with Crippen LogP contribution in [-0.4, -0.2) is 39.3 Å². The van der Waals surface area contributed by atoms with Crippen molar-refractivity contribution in [2.75, 3.05) is 18.0 Å². The quantitative estimate of drug-likeness (QED) is 0.773. The molecule has 7 heteroatoms. The van der Waals surface area contributed by atoms with Gasteiger partial charge in [0.15, 0.2) is 0 Å². The van der Waals surface area contributed by atoms with Crippen LogP contribution < -0.4 is 4.90 Å². The highest BCUT2D eigenvalue weighted by Crippen LogP contribution is 2.25. The van der Waals surface area contributed by atoms with E-state index in [1.807, 2.05) is 42.5 Å². The van der Waals surface area contributed by atoms with Crippen LogP contribution in [0.15, 0.2) is 53.2 Å². The Kier molecular flexibility index (Phi) is 4.35. The summed E-state index contributed by atoms with van der Waals surface area (Å²) in [5, 5.41) is 13.1. The van der Waals surface area contributed by atoms with Gasteiger partial charge >= 0.3 is 5.97 Å². The highest BCUT2D eigenvalue weighted by Gasteiger charge is 2.25. The van der Waals surface area contributed by atoms with Crippen LogP contribution in [0.1, 0.15) is 12.8 Å². The molecule has 1 aliphatic heterocycles. The van der Waals surface area contributed by atoms with Crippen molar-refractivity contribution < 1.29 is 14.4 Å². The van der Waals surface area contributed by atoms with Gasteiger partial charge in [0, 0.05) is 24.8 Å². The highest BCUT2D eigenvalue weighted by atomic mass is 16.5. The zero-order chi connectivity index (χ0) is 17.9. The second kappa shape index (κ2) is 6.95. The smallest absolute Gasteiger partial charge is 0.306 e. The summed E-state index contributed by atoms with van der Waals surface area (Å²) < 4.78 is 5.35. The predicted octanol–water partition coefficient (Wildman–Crippen LogP) is 3.10. The second-order valence-corrected chi connectivity index (χ2v) is 6.29. The van der Waals surface area contributed by atoms with Gasteiger partial charge in [-0.2, -0.15) is 4.98 Å². The van der Waals surface area contributed by atoms with E-state index in [2.05, 4.69) is 20.0 Å². The lowest BCUT2D eigenvalue weighted by Crippen LogP contribution is -2.36. The number of piperidine rings is 1. The molecule has 0 spiro atoms. The molecule has 0 atom stereocenters. The van der Waals surface area contributed by atoms with E-state index in [4.69, 9.17) is 9.63 Å². The summed E-state index contributed by atoms with van der Waals surface area (Å²) in [6.45, 7) is 1.39. The molecule has 0 amide bonds. The summed E-state index contributed by atoms with van der Waals surface area (Å²) in [7, 11) is 0. The SMILES string of the molecule is O=C(O)C1CCN(c2ccc(-c3nc(-c4ccccc4)no3)cn2)CC1. The standard InChI is InChI=1S/C19H18N4O3/c24-19(25)14-8-10-23(11-9-14)16-7-6-15(12-20-16)18-21-17(22-26-18)13-4-2-1-3-5-13/h1-7,12,14H,8-11H2,(H,24,25). The number of hydrogen-bond acceptors (Lipinski definition) is 6. The van der Waals surface area contributed by atoms with Crippen molar-refractivity contribution in [3.63, 3.8) is 0 Å². The molecule has 0 bridgehead atoms. The minimum Gasteiger partial charge on any atom is -0.481 e. The Bertz CT molecular complexity index is 885. The molecule has 2 aromatic heterocycles. The number of carboxylic acid groups (broad SMARTS) is 1. The Labute approximate surface area is 150 Å². The topological polar surface area (TPSA) is 92.3 Å². The number of hydrogen-bond donors (Lipinski definition) is 1. The van der Waals surface area contributed by atoms with Gasteiger partial charge in [-0.15, -0.1) is 0 Å². The van der Waals surface area contributed by atoms with Crippen LogP contribution >= 0.6 is 0 Å². The van der Waals surface area contributed by atoms with Crippen molar-refractivity contribution in [1.29, 1.82) is 0 Å². The average molecular weight is 350 g/mol. The zero-order valence-corrected chi connectivity index (χ0v) is 14.1. The molecule has 0 saturated carbocycles. The lowest BCUT2D eigenvalue weighted by atomic mass is 9.97. The largest absolute Gasteiger partial charge is 0.481 e. The normalized spacial score (nSPS) is 15.2. The molecule has 1 fully saturated rings. The van der Waals surface area contributed by atoms with Gasteiger partial charge in [0.05, 0.1) is 11.5 Å². The molecule has 3 aromatic rings. The molecular formula is C19H18N4O3. The van der Waals surface area contributed by atoms with Crippen LogP contribution in [0.2, 0.25) is 0 Å². The van der Waals surface area contributed by atoms with E-state index in [-0.39, 0.29) is 5.92 Å². The molecule has 26 heavy (non-hydrogen) atoms. The van der Waals surface area contributed by atoms with Crippen LogP contribution in [0.5, 0.6) is 0 Å². The van der Waals surface area contributed by atoms with Crippen LogP contribution in [0.3, 0.4) is 0 Å². The first-order valence-electron chi connectivity index (χ1n) is 8.54. The van der Waals surface area contributed by atoms with Gasteiger partial charge in [0.25, 0.3) is 5.89 Å². The van der Waals surface area contributed by atoms with Gasteiger partial charge in [-0.05, 0) is 25.0 Å². The fourth-order valence-corrected chi connectivity index (χ4v) is 3.10. The Morgan fingerprint density at radius 2 is 1.85 bits per heavy atom. The van der Waals surface area contributed by atoms with E-state index in [0.29, 0.717) is 37.6 Å². The van der Waals surface area contributed by atoms with E-state index >= 15 is 0 Å². The molecule has 132 valence electrons. The van der Waals surface area contributed by atoms with Crippen molar-refractivity contribution >= 4 is 11.8 Å². The summed E-state index contributed by atoms with van der Waals surface area (Å²) in [5.74, 6) is 0.840. The molecule has 0 radical (unpaired) electrons. The lowest BCUT2D eigenvalue weighted by molar-refractivity contribution is -0.142. The van der Waals surface area contributed by atoms with Gasteiger partial charge in [0.2, 0.25) is 5.82 Å². The minimum absolute atomic E-state index is 0.250. The molecule has 3 heterocycles. The first-order chi connectivity index (χ1) is 12.7. The number of benzene rings is 1. The van der Waals surface area contributed by atoms with Gasteiger partial charge < -0.3 is 14.5 Å². The van der Waals surface area contributed by atoms with Crippen molar-refractivity contribution in [1.82, 2.24) is 15.1 Å². The van der Waals surface area contributed by atoms with E-state index in [1.54, 1.807) is 6.20 Å². The predicted molar refractivity (Wildman–Crippen MR) is 95.5 cm³/mol. The van der Waals surface area contributed by atoms with Crippen molar-refractivity contribution in [3.8, 4) is 22.8 Å². The molecule has 1 N–H and O–H groups in total. The molecule has 0 aliphatic carbocycles. The Hall–Kier alpha value is -3.22. The lowest BCUT2D eigenvalue weighted by Gasteiger charge is -2.30. The Morgan fingerprint density at radius 3 is 2.50 bits per heavy atom.